The molecular weight excluding hydrogens is 309 g/mol. The van der Waals surface area contributed by atoms with Crippen molar-refractivity contribution in [3.05, 3.63) is 35.6 Å². The summed E-state index contributed by atoms with van der Waals surface area (Å²) in [7, 11) is 0. The molecule has 0 aromatic heterocycles. The smallest absolute Gasteiger partial charge is 0.236 e. The van der Waals surface area contributed by atoms with Crippen molar-refractivity contribution in [2.24, 2.45) is 11.7 Å². The van der Waals surface area contributed by atoms with Gasteiger partial charge in [-0.15, -0.1) is 0 Å². The number of benzene rings is 1. The number of nitrogens with zero attached hydrogens (tertiary/aromatic N) is 2. The molecule has 1 atom stereocenters. The lowest BCUT2D eigenvalue weighted by Gasteiger charge is -2.33. The summed E-state index contributed by atoms with van der Waals surface area (Å²) in [4.78, 5) is 27.8. The van der Waals surface area contributed by atoms with Crippen molar-refractivity contribution >= 4 is 11.8 Å². The molecule has 6 heteroatoms. The van der Waals surface area contributed by atoms with Gasteiger partial charge >= 0.3 is 0 Å². The van der Waals surface area contributed by atoms with Crippen LogP contribution < -0.4 is 5.73 Å². The predicted molar refractivity (Wildman–Crippen MR) is 88.4 cm³/mol. The van der Waals surface area contributed by atoms with E-state index < -0.39 is 0 Å². The van der Waals surface area contributed by atoms with E-state index in [0.29, 0.717) is 32.5 Å². The number of carbonyl (C=O) groups is 2. The number of primary amides is 1. The van der Waals surface area contributed by atoms with E-state index in [9.17, 15) is 14.0 Å². The first-order valence-corrected chi connectivity index (χ1v) is 8.61. The zero-order chi connectivity index (χ0) is 17.1. The zero-order valence-electron chi connectivity index (χ0n) is 13.8. The van der Waals surface area contributed by atoms with Crippen LogP contribution in [0.3, 0.4) is 0 Å². The van der Waals surface area contributed by atoms with Crippen LogP contribution >= 0.6 is 0 Å². The number of likely N-dealkylation sites (tertiary alicyclic amines) is 2. The van der Waals surface area contributed by atoms with Gasteiger partial charge in [-0.2, -0.15) is 0 Å². The number of hydrogen-bond acceptors (Lipinski definition) is 3. The van der Waals surface area contributed by atoms with Gasteiger partial charge < -0.3 is 10.6 Å². The van der Waals surface area contributed by atoms with E-state index in [-0.39, 0.29) is 29.6 Å². The molecule has 0 aliphatic carbocycles. The molecule has 0 radical (unpaired) electrons. The summed E-state index contributed by atoms with van der Waals surface area (Å²) in [6.45, 7) is 2.46. The standard InChI is InChI=1S/C18H24FN3O2/c19-15-5-3-13(4-6-15)16-2-1-9-22(16)12-17(23)21-10-7-14(8-11-21)18(20)24/h3-6,14,16H,1-2,7-12H2,(H2,20,24). The molecule has 0 spiro atoms. The molecule has 1 aromatic carbocycles. The van der Waals surface area contributed by atoms with Crippen LogP contribution in [-0.4, -0.2) is 47.8 Å². The topological polar surface area (TPSA) is 66.6 Å². The average molecular weight is 333 g/mol. The second-order valence-corrected chi connectivity index (χ2v) is 6.74. The highest BCUT2D eigenvalue weighted by atomic mass is 19.1. The molecule has 2 N–H and O–H groups in total. The third-order valence-corrected chi connectivity index (χ3v) is 5.21. The van der Waals surface area contributed by atoms with E-state index >= 15 is 0 Å². The van der Waals surface area contributed by atoms with Gasteiger partial charge in [-0.1, -0.05) is 12.1 Å². The van der Waals surface area contributed by atoms with Gasteiger partial charge in [0.05, 0.1) is 6.54 Å². The summed E-state index contributed by atoms with van der Waals surface area (Å²) in [6, 6.07) is 6.74. The van der Waals surface area contributed by atoms with Crippen LogP contribution in [0.1, 0.15) is 37.3 Å². The van der Waals surface area contributed by atoms with E-state index in [2.05, 4.69) is 4.90 Å². The first kappa shape index (κ1) is 16.9. The molecule has 2 aliphatic rings. The highest BCUT2D eigenvalue weighted by molar-refractivity contribution is 5.80. The van der Waals surface area contributed by atoms with Crippen LogP contribution in [-0.2, 0) is 9.59 Å². The predicted octanol–water partition coefficient (Wildman–Crippen LogP) is 1.69. The molecule has 2 saturated heterocycles. The van der Waals surface area contributed by atoms with Crippen LogP contribution in [0.4, 0.5) is 4.39 Å². The fourth-order valence-electron chi connectivity index (χ4n) is 3.76. The van der Waals surface area contributed by atoms with Crippen molar-refractivity contribution in [2.45, 2.75) is 31.7 Å². The van der Waals surface area contributed by atoms with Crippen molar-refractivity contribution in [3.8, 4) is 0 Å². The summed E-state index contributed by atoms with van der Waals surface area (Å²) in [6.07, 6.45) is 3.34. The molecule has 5 nitrogen and oxygen atoms in total. The van der Waals surface area contributed by atoms with Crippen LogP contribution in [0.2, 0.25) is 0 Å². The van der Waals surface area contributed by atoms with Gasteiger partial charge in [-0.3, -0.25) is 14.5 Å². The largest absolute Gasteiger partial charge is 0.369 e. The third-order valence-electron chi connectivity index (χ3n) is 5.21. The molecule has 24 heavy (non-hydrogen) atoms. The number of amides is 2. The van der Waals surface area contributed by atoms with Gasteiger partial charge in [-0.05, 0) is 49.9 Å². The SMILES string of the molecule is NC(=O)C1CCN(C(=O)CN2CCCC2c2ccc(F)cc2)CC1. The first-order valence-electron chi connectivity index (χ1n) is 8.61. The minimum absolute atomic E-state index is 0.104. The minimum atomic E-state index is -0.266. The van der Waals surface area contributed by atoms with Crippen LogP contribution in [0, 0.1) is 11.7 Å². The summed E-state index contributed by atoms with van der Waals surface area (Å²) < 4.78 is 13.1. The average Bonchev–Trinajstić information content (AvgIpc) is 3.03. The van der Waals surface area contributed by atoms with Gasteiger partial charge in [-0.25, -0.2) is 4.39 Å². The molecular formula is C18H24FN3O2. The summed E-state index contributed by atoms with van der Waals surface area (Å²) in [5.74, 6) is -0.505. The lowest BCUT2D eigenvalue weighted by molar-refractivity contribution is -0.136. The lowest BCUT2D eigenvalue weighted by atomic mass is 9.96. The van der Waals surface area contributed by atoms with Crippen molar-refractivity contribution in [1.29, 1.82) is 0 Å². The van der Waals surface area contributed by atoms with Crippen molar-refractivity contribution in [3.63, 3.8) is 0 Å². The summed E-state index contributed by atoms with van der Waals surface area (Å²) in [5.41, 5.74) is 6.40. The molecule has 130 valence electrons. The Bertz CT molecular complexity index is 597. The second-order valence-electron chi connectivity index (χ2n) is 6.74. The maximum Gasteiger partial charge on any atom is 0.236 e. The Kier molecular flexibility index (Phi) is 5.14. The zero-order valence-corrected chi connectivity index (χ0v) is 13.8. The lowest BCUT2D eigenvalue weighted by Crippen LogP contribution is -2.45. The van der Waals surface area contributed by atoms with Crippen LogP contribution in [0.25, 0.3) is 0 Å². The normalized spacial score (nSPS) is 22.7. The number of piperidine rings is 1. The quantitative estimate of drug-likeness (QED) is 0.912. The maximum absolute atomic E-state index is 13.1. The highest BCUT2D eigenvalue weighted by Gasteiger charge is 2.31. The monoisotopic (exact) mass is 333 g/mol. The summed E-state index contributed by atoms with van der Waals surface area (Å²) in [5, 5.41) is 0. The van der Waals surface area contributed by atoms with E-state index in [4.69, 9.17) is 5.73 Å². The Morgan fingerprint density at radius 1 is 1.08 bits per heavy atom. The van der Waals surface area contributed by atoms with Gasteiger partial charge in [0, 0.05) is 25.0 Å². The Labute approximate surface area is 141 Å². The van der Waals surface area contributed by atoms with E-state index in [1.165, 1.54) is 12.1 Å². The van der Waals surface area contributed by atoms with Crippen molar-refractivity contribution < 1.29 is 14.0 Å². The second kappa shape index (κ2) is 7.30. The molecule has 2 amide bonds. The Morgan fingerprint density at radius 2 is 1.75 bits per heavy atom. The Hall–Kier alpha value is -1.95. The molecule has 2 aliphatic heterocycles. The van der Waals surface area contributed by atoms with E-state index in [1.54, 1.807) is 12.1 Å². The van der Waals surface area contributed by atoms with E-state index in [0.717, 1.165) is 24.9 Å². The molecule has 0 saturated carbocycles. The molecule has 2 fully saturated rings. The van der Waals surface area contributed by atoms with Gasteiger partial charge in [0.25, 0.3) is 0 Å². The van der Waals surface area contributed by atoms with Crippen LogP contribution in [0.15, 0.2) is 24.3 Å². The van der Waals surface area contributed by atoms with Gasteiger partial charge in [0.15, 0.2) is 0 Å². The Balaban J connectivity index is 1.57. The number of rotatable bonds is 4. The minimum Gasteiger partial charge on any atom is -0.369 e. The fourth-order valence-corrected chi connectivity index (χ4v) is 3.76. The number of hydrogen-bond donors (Lipinski definition) is 1. The number of carbonyl (C=O) groups excluding carboxylic acids is 2. The fraction of sp³-hybridized carbons (Fsp3) is 0.556. The van der Waals surface area contributed by atoms with Crippen molar-refractivity contribution in [1.82, 2.24) is 9.80 Å². The maximum atomic E-state index is 13.1. The molecule has 1 aromatic rings. The molecule has 2 heterocycles. The van der Waals surface area contributed by atoms with Gasteiger partial charge in [0.1, 0.15) is 5.82 Å². The molecule has 1 unspecified atom stereocenters. The third kappa shape index (κ3) is 3.75. The highest BCUT2D eigenvalue weighted by Crippen LogP contribution is 2.32. The molecule has 0 bridgehead atoms. The first-order chi connectivity index (χ1) is 11.5. The summed E-state index contributed by atoms with van der Waals surface area (Å²) >= 11 is 0. The van der Waals surface area contributed by atoms with Gasteiger partial charge in [0.2, 0.25) is 11.8 Å². The number of nitrogens with two attached hydrogens (primary N) is 1. The van der Waals surface area contributed by atoms with E-state index in [1.807, 2.05) is 4.90 Å². The van der Waals surface area contributed by atoms with Crippen molar-refractivity contribution in [2.75, 3.05) is 26.2 Å². The molecule has 3 rings (SSSR count). The number of halogens is 1. The van der Waals surface area contributed by atoms with Crippen LogP contribution in [0.5, 0.6) is 0 Å². The Morgan fingerprint density at radius 3 is 2.38 bits per heavy atom.